The highest BCUT2D eigenvalue weighted by atomic mass is 16.6. The van der Waals surface area contributed by atoms with Crippen molar-refractivity contribution in [2.45, 2.75) is 39.5 Å². The van der Waals surface area contributed by atoms with E-state index in [0.29, 0.717) is 11.4 Å². The molecule has 2 aromatic rings. The van der Waals surface area contributed by atoms with Crippen molar-refractivity contribution in [2.24, 2.45) is 0 Å². The van der Waals surface area contributed by atoms with Gasteiger partial charge in [-0.3, -0.25) is 4.79 Å². The molecule has 7 heteroatoms. The van der Waals surface area contributed by atoms with E-state index in [-0.39, 0.29) is 18.2 Å². The summed E-state index contributed by atoms with van der Waals surface area (Å²) in [6, 6.07) is 8.58. The number of rotatable bonds is 6. The van der Waals surface area contributed by atoms with Crippen LogP contribution in [0.4, 0.5) is 10.5 Å². The lowest BCUT2D eigenvalue weighted by molar-refractivity contribution is 0.0953. The summed E-state index contributed by atoms with van der Waals surface area (Å²) >= 11 is 0. The summed E-state index contributed by atoms with van der Waals surface area (Å²) in [7, 11) is 0. The molecule has 0 bridgehead atoms. The van der Waals surface area contributed by atoms with Crippen LogP contribution in [0.3, 0.4) is 0 Å². The minimum absolute atomic E-state index is 0.0151. The number of para-hydroxylation sites is 1. The lowest BCUT2D eigenvalue weighted by atomic mass is 10.1. The van der Waals surface area contributed by atoms with E-state index in [0.717, 1.165) is 17.7 Å². The Morgan fingerprint density at radius 2 is 1.92 bits per heavy atom. The average molecular weight is 331 g/mol. The molecule has 0 fully saturated rings. The van der Waals surface area contributed by atoms with Crippen LogP contribution >= 0.6 is 0 Å². The Hall–Kier alpha value is -2.70. The Morgan fingerprint density at radius 1 is 1.21 bits per heavy atom. The summed E-state index contributed by atoms with van der Waals surface area (Å²) < 4.78 is 9.90. The molecule has 2 amide bonds. The molecule has 0 radical (unpaired) electrons. The molecule has 24 heavy (non-hydrogen) atoms. The first kappa shape index (κ1) is 17.7. The van der Waals surface area contributed by atoms with E-state index in [9.17, 15) is 9.59 Å². The third kappa shape index (κ3) is 3.98. The van der Waals surface area contributed by atoms with Crippen molar-refractivity contribution >= 4 is 17.7 Å². The van der Waals surface area contributed by atoms with Gasteiger partial charge in [0.2, 0.25) is 0 Å². The number of nitrogens with zero attached hydrogens (tertiary/aromatic N) is 3. The van der Waals surface area contributed by atoms with Crippen LogP contribution in [0.2, 0.25) is 0 Å². The summed E-state index contributed by atoms with van der Waals surface area (Å²) in [5.41, 5.74) is 0.824. The van der Waals surface area contributed by atoms with Crippen molar-refractivity contribution in [3.63, 3.8) is 0 Å². The lowest BCUT2D eigenvalue weighted by Gasteiger charge is -2.19. The van der Waals surface area contributed by atoms with Gasteiger partial charge in [-0.25, -0.2) is 14.3 Å². The Labute approximate surface area is 140 Å². The Morgan fingerprint density at radius 3 is 2.54 bits per heavy atom. The first-order valence-electron chi connectivity index (χ1n) is 7.95. The molecule has 2 rings (SSSR count). The van der Waals surface area contributed by atoms with Gasteiger partial charge in [-0.2, -0.15) is 0 Å². The molecule has 0 saturated heterocycles. The van der Waals surface area contributed by atoms with Gasteiger partial charge in [0.05, 0.1) is 12.3 Å². The van der Waals surface area contributed by atoms with Crippen LogP contribution in [-0.2, 0) is 4.74 Å². The molecule has 0 aliphatic rings. The second-order valence-electron chi connectivity index (χ2n) is 5.60. The van der Waals surface area contributed by atoms with E-state index in [4.69, 9.17) is 9.37 Å². The van der Waals surface area contributed by atoms with Crippen LogP contribution < -0.4 is 4.90 Å². The van der Waals surface area contributed by atoms with Gasteiger partial charge in [0.25, 0.3) is 5.91 Å². The number of anilines is 1. The molecule has 0 unspecified atom stereocenters. The van der Waals surface area contributed by atoms with Gasteiger partial charge >= 0.3 is 6.09 Å². The van der Waals surface area contributed by atoms with E-state index < -0.39 is 12.0 Å². The van der Waals surface area contributed by atoms with Gasteiger partial charge in [-0.05, 0) is 23.7 Å². The summed E-state index contributed by atoms with van der Waals surface area (Å²) in [5.74, 6) is -0.684. The Bertz CT molecular complexity index is 682. The maximum absolute atomic E-state index is 12.9. The highest BCUT2D eigenvalue weighted by molar-refractivity contribution is 6.18. The predicted molar refractivity (Wildman–Crippen MR) is 87.9 cm³/mol. The van der Waals surface area contributed by atoms with Gasteiger partial charge < -0.3 is 4.74 Å². The van der Waals surface area contributed by atoms with Crippen LogP contribution in [-0.4, -0.2) is 28.9 Å². The van der Waals surface area contributed by atoms with Crippen LogP contribution in [0.1, 0.15) is 55.7 Å². The number of hydrogen-bond donors (Lipinski definition) is 0. The summed E-state index contributed by atoms with van der Waals surface area (Å²) in [4.78, 5) is 26.3. The quantitative estimate of drug-likeness (QED) is 0.749. The molecule has 0 aliphatic heterocycles. The van der Waals surface area contributed by atoms with Crippen molar-refractivity contribution in [3.05, 3.63) is 41.7 Å². The fraction of sp³-hybridized carbons (Fsp3) is 0.412. The van der Waals surface area contributed by atoms with Crippen LogP contribution in [0.15, 0.2) is 35.0 Å². The number of ether oxygens (including phenoxy) is 1. The molecular formula is C17H21N3O4. The van der Waals surface area contributed by atoms with Crippen LogP contribution in [0, 0.1) is 0 Å². The van der Waals surface area contributed by atoms with E-state index >= 15 is 0 Å². The summed E-state index contributed by atoms with van der Waals surface area (Å²) in [6.45, 7) is 5.97. The smallest absolute Gasteiger partial charge is 0.421 e. The monoisotopic (exact) mass is 331 g/mol. The van der Waals surface area contributed by atoms with Crippen LogP contribution in [0.5, 0.6) is 0 Å². The molecule has 1 heterocycles. The molecular weight excluding hydrogens is 310 g/mol. The van der Waals surface area contributed by atoms with Gasteiger partial charge in [0.15, 0.2) is 5.69 Å². The van der Waals surface area contributed by atoms with Gasteiger partial charge in [0, 0.05) is 5.92 Å². The first-order chi connectivity index (χ1) is 11.6. The fourth-order valence-electron chi connectivity index (χ4n) is 2.08. The molecule has 0 spiro atoms. The number of carbonyl (C=O) groups excluding carboxylic acids is 2. The van der Waals surface area contributed by atoms with Crippen molar-refractivity contribution < 1.29 is 19.0 Å². The Kier molecular flexibility index (Phi) is 6.06. The van der Waals surface area contributed by atoms with Gasteiger partial charge in [-0.1, -0.05) is 50.5 Å². The van der Waals surface area contributed by atoms with Crippen molar-refractivity contribution in [3.8, 4) is 0 Å². The van der Waals surface area contributed by atoms with Crippen molar-refractivity contribution in [2.75, 3.05) is 11.5 Å². The van der Waals surface area contributed by atoms with Gasteiger partial charge in [0.1, 0.15) is 5.69 Å². The highest BCUT2D eigenvalue weighted by Crippen LogP contribution is 2.22. The second-order valence-corrected chi connectivity index (χ2v) is 5.60. The molecule has 1 aromatic carbocycles. The fourth-order valence-corrected chi connectivity index (χ4v) is 2.08. The number of imide groups is 1. The minimum atomic E-state index is -0.739. The van der Waals surface area contributed by atoms with Crippen molar-refractivity contribution in [1.82, 2.24) is 10.3 Å². The number of aromatic nitrogens is 2. The highest BCUT2D eigenvalue weighted by Gasteiger charge is 2.31. The molecule has 0 aliphatic carbocycles. The number of carbonyl (C=O) groups is 2. The number of unbranched alkanes of at least 4 members (excludes halogenated alkanes) is 1. The third-order valence-electron chi connectivity index (χ3n) is 3.39. The molecule has 1 aromatic heterocycles. The molecule has 0 saturated carbocycles. The predicted octanol–water partition coefficient (Wildman–Crippen LogP) is 3.78. The zero-order chi connectivity index (χ0) is 17.5. The number of amides is 2. The second kappa shape index (κ2) is 8.24. The normalized spacial score (nSPS) is 10.7. The molecule has 7 nitrogen and oxygen atoms in total. The maximum Gasteiger partial charge on any atom is 0.421 e. The van der Waals surface area contributed by atoms with E-state index in [2.05, 4.69) is 10.3 Å². The summed E-state index contributed by atoms with van der Waals surface area (Å²) in [5, 5.41) is 7.44. The topological polar surface area (TPSA) is 85.5 Å². The minimum Gasteiger partial charge on any atom is -0.449 e. The van der Waals surface area contributed by atoms with E-state index in [1.807, 2.05) is 20.8 Å². The third-order valence-corrected chi connectivity index (χ3v) is 3.39. The largest absolute Gasteiger partial charge is 0.449 e. The summed E-state index contributed by atoms with van der Waals surface area (Å²) in [6.07, 6.45) is 0.875. The zero-order valence-electron chi connectivity index (χ0n) is 14.1. The van der Waals surface area contributed by atoms with E-state index in [1.54, 1.807) is 30.3 Å². The number of benzene rings is 1. The first-order valence-corrected chi connectivity index (χ1v) is 7.95. The SMILES string of the molecule is CCCCOC(=O)N(C(=O)c1nonc1C(C)C)c1ccccc1. The molecule has 128 valence electrons. The Balaban J connectivity index is 2.33. The number of hydrogen-bond acceptors (Lipinski definition) is 6. The van der Waals surface area contributed by atoms with Gasteiger partial charge in [-0.15, -0.1) is 0 Å². The lowest BCUT2D eigenvalue weighted by Crippen LogP contribution is -2.38. The van der Waals surface area contributed by atoms with E-state index in [1.165, 1.54) is 0 Å². The standard InChI is InChI=1S/C17H21N3O4/c1-4-5-11-23-17(22)20(13-9-7-6-8-10-13)16(21)15-14(12(2)3)18-24-19-15/h6-10,12H,4-5,11H2,1-3H3. The molecule has 0 N–H and O–H groups in total. The van der Waals surface area contributed by atoms with Crippen LogP contribution in [0.25, 0.3) is 0 Å². The average Bonchev–Trinajstić information content (AvgIpc) is 3.06. The molecule has 0 atom stereocenters. The van der Waals surface area contributed by atoms with Crippen molar-refractivity contribution in [1.29, 1.82) is 0 Å². The zero-order valence-corrected chi connectivity index (χ0v) is 14.1. The maximum atomic E-state index is 12.9.